The monoisotopic (exact) mass is 467 g/mol. The van der Waals surface area contributed by atoms with E-state index >= 15 is 0 Å². The van der Waals surface area contributed by atoms with Crippen LogP contribution in [0.4, 0.5) is 5.69 Å². The van der Waals surface area contributed by atoms with E-state index < -0.39 is 0 Å². The Labute approximate surface area is 193 Å². The fraction of sp³-hybridized carbons (Fsp3) is 0.217. The molecule has 2 aromatic carbocycles. The first kappa shape index (κ1) is 22.2. The zero-order valence-electron chi connectivity index (χ0n) is 17.6. The lowest BCUT2D eigenvalue weighted by atomic mass is 10.1. The number of Topliss-reactive ketones (excluding diaryl/α,β-unsaturated/α-hetero) is 1. The lowest BCUT2D eigenvalue weighted by Gasteiger charge is -2.14. The predicted octanol–water partition coefficient (Wildman–Crippen LogP) is 3.82. The molecular formula is C23H21N3O4S2. The lowest BCUT2D eigenvalue weighted by molar-refractivity contribution is -0.113. The zero-order valence-corrected chi connectivity index (χ0v) is 19.2. The summed E-state index contributed by atoms with van der Waals surface area (Å²) in [4.78, 5) is 42.5. The molecule has 0 atom stereocenters. The molecule has 2 heterocycles. The van der Waals surface area contributed by atoms with Crippen LogP contribution >= 0.6 is 23.5 Å². The smallest absolute Gasteiger partial charge is 0.272 e. The standard InChI is InChI=1S/C23H21N3O4S2/c1-14(27)15-6-8-16(9-7-15)24-20(28)13-32-23-25-19-10-11-31-21(19)22(29)26(23)17-4-3-5-18(12-17)30-2/h3-9,12H,10-11,13H2,1-2H3,(H,24,28). The third kappa shape index (κ3) is 4.73. The number of aryl methyl sites for hydroxylation is 1. The molecule has 0 bridgehead atoms. The average Bonchev–Trinajstić information content (AvgIpc) is 3.27. The van der Waals surface area contributed by atoms with Crippen molar-refractivity contribution in [2.75, 3.05) is 23.9 Å². The number of ketones is 1. The van der Waals surface area contributed by atoms with Crippen molar-refractivity contribution in [2.24, 2.45) is 0 Å². The van der Waals surface area contributed by atoms with Gasteiger partial charge in [-0.3, -0.25) is 19.0 Å². The Hall–Kier alpha value is -3.04. The van der Waals surface area contributed by atoms with Gasteiger partial charge in [0.25, 0.3) is 5.56 Å². The SMILES string of the molecule is COc1cccc(-n2c(SCC(=O)Nc3ccc(C(C)=O)cc3)nc3c(c2=O)SCC3)c1. The van der Waals surface area contributed by atoms with Crippen molar-refractivity contribution >= 4 is 40.9 Å². The highest BCUT2D eigenvalue weighted by molar-refractivity contribution is 8.00. The number of thioether (sulfide) groups is 2. The number of rotatable bonds is 7. The van der Waals surface area contributed by atoms with Gasteiger partial charge in [0.1, 0.15) is 5.75 Å². The number of fused-ring (bicyclic) bond motifs is 1. The van der Waals surface area contributed by atoms with Gasteiger partial charge in [0, 0.05) is 29.5 Å². The maximum absolute atomic E-state index is 13.2. The van der Waals surface area contributed by atoms with Crippen molar-refractivity contribution in [2.45, 2.75) is 23.4 Å². The number of carbonyl (C=O) groups is 2. The number of aromatic nitrogens is 2. The summed E-state index contributed by atoms with van der Waals surface area (Å²) in [6, 6.07) is 13.9. The van der Waals surface area contributed by atoms with Gasteiger partial charge in [-0.05, 0) is 43.3 Å². The quantitative estimate of drug-likeness (QED) is 0.321. The molecule has 0 saturated heterocycles. The van der Waals surface area contributed by atoms with Crippen LogP contribution in [0.2, 0.25) is 0 Å². The van der Waals surface area contributed by atoms with Crippen LogP contribution in [0.25, 0.3) is 5.69 Å². The van der Waals surface area contributed by atoms with Gasteiger partial charge in [-0.2, -0.15) is 0 Å². The van der Waals surface area contributed by atoms with Crippen LogP contribution in [0.3, 0.4) is 0 Å². The second kappa shape index (κ2) is 9.62. The van der Waals surface area contributed by atoms with E-state index in [1.807, 2.05) is 18.2 Å². The largest absolute Gasteiger partial charge is 0.497 e. The Kier molecular flexibility index (Phi) is 6.66. The molecule has 0 spiro atoms. The number of nitrogens with one attached hydrogen (secondary N) is 1. The third-order valence-electron chi connectivity index (χ3n) is 4.89. The molecule has 0 aliphatic carbocycles. The van der Waals surface area contributed by atoms with Crippen molar-refractivity contribution in [1.29, 1.82) is 0 Å². The van der Waals surface area contributed by atoms with Crippen molar-refractivity contribution in [3.63, 3.8) is 0 Å². The molecule has 3 aromatic rings. The highest BCUT2D eigenvalue weighted by atomic mass is 32.2. The number of methoxy groups -OCH3 is 1. The molecule has 9 heteroatoms. The molecule has 0 unspecified atom stereocenters. The summed E-state index contributed by atoms with van der Waals surface area (Å²) in [7, 11) is 1.57. The first-order valence-corrected chi connectivity index (χ1v) is 11.9. The highest BCUT2D eigenvalue weighted by Crippen LogP contribution is 2.30. The summed E-state index contributed by atoms with van der Waals surface area (Å²) >= 11 is 2.72. The number of nitrogens with zero attached hydrogens (tertiary/aromatic N) is 2. The summed E-state index contributed by atoms with van der Waals surface area (Å²) in [6.07, 6.45) is 0.733. The number of benzene rings is 2. The molecule has 1 aliphatic rings. The van der Waals surface area contributed by atoms with Crippen LogP contribution in [0, 0.1) is 0 Å². The van der Waals surface area contributed by atoms with Crippen molar-refractivity contribution in [3.8, 4) is 11.4 Å². The number of anilines is 1. The number of hydrogen-bond donors (Lipinski definition) is 1. The van der Waals surface area contributed by atoms with Gasteiger partial charge in [-0.15, -0.1) is 11.8 Å². The maximum atomic E-state index is 13.2. The van der Waals surface area contributed by atoms with Gasteiger partial charge < -0.3 is 10.1 Å². The molecule has 0 radical (unpaired) electrons. The molecule has 1 aromatic heterocycles. The van der Waals surface area contributed by atoms with Crippen LogP contribution in [-0.4, -0.2) is 39.9 Å². The minimum atomic E-state index is -0.230. The fourth-order valence-electron chi connectivity index (χ4n) is 3.28. The van der Waals surface area contributed by atoms with E-state index in [2.05, 4.69) is 5.32 Å². The number of carbonyl (C=O) groups excluding carboxylic acids is 2. The van der Waals surface area contributed by atoms with Crippen molar-refractivity contribution in [3.05, 3.63) is 70.1 Å². The highest BCUT2D eigenvalue weighted by Gasteiger charge is 2.23. The molecule has 1 N–H and O–H groups in total. The van der Waals surface area contributed by atoms with Gasteiger partial charge in [0.15, 0.2) is 10.9 Å². The topological polar surface area (TPSA) is 90.3 Å². The van der Waals surface area contributed by atoms with Crippen LogP contribution < -0.4 is 15.6 Å². The average molecular weight is 468 g/mol. The van der Waals surface area contributed by atoms with Crippen LogP contribution in [0.1, 0.15) is 23.0 Å². The molecule has 164 valence electrons. The van der Waals surface area contributed by atoms with E-state index in [1.54, 1.807) is 42.0 Å². The molecule has 1 aliphatic heterocycles. The first-order valence-electron chi connectivity index (χ1n) is 9.93. The zero-order chi connectivity index (χ0) is 22.7. The van der Waals surface area contributed by atoms with Gasteiger partial charge in [-0.1, -0.05) is 17.8 Å². The van der Waals surface area contributed by atoms with Gasteiger partial charge in [-0.25, -0.2) is 4.98 Å². The predicted molar refractivity (Wildman–Crippen MR) is 127 cm³/mol. The number of amides is 1. The lowest BCUT2D eigenvalue weighted by Crippen LogP contribution is -2.24. The van der Waals surface area contributed by atoms with Gasteiger partial charge in [0.05, 0.1) is 29.1 Å². The maximum Gasteiger partial charge on any atom is 0.272 e. The normalized spacial score (nSPS) is 12.3. The molecule has 4 rings (SSSR count). The van der Waals surface area contributed by atoms with Gasteiger partial charge in [0.2, 0.25) is 5.91 Å². The molecular weight excluding hydrogens is 446 g/mol. The van der Waals surface area contributed by atoms with E-state index in [9.17, 15) is 14.4 Å². The fourth-order valence-corrected chi connectivity index (χ4v) is 5.13. The minimum absolute atomic E-state index is 0.0326. The van der Waals surface area contributed by atoms with E-state index in [4.69, 9.17) is 9.72 Å². The Morgan fingerprint density at radius 2 is 2.00 bits per heavy atom. The second-order valence-corrected chi connectivity index (χ2v) is 9.13. The van der Waals surface area contributed by atoms with Gasteiger partial charge >= 0.3 is 0 Å². The molecule has 32 heavy (non-hydrogen) atoms. The Morgan fingerprint density at radius 3 is 2.72 bits per heavy atom. The Balaban J connectivity index is 1.57. The summed E-state index contributed by atoms with van der Waals surface area (Å²) in [5, 5.41) is 3.28. The molecule has 0 saturated carbocycles. The molecule has 7 nitrogen and oxygen atoms in total. The summed E-state index contributed by atoms with van der Waals surface area (Å²) in [6.45, 7) is 1.49. The first-order chi connectivity index (χ1) is 15.5. The molecule has 1 amide bonds. The van der Waals surface area contributed by atoms with Crippen molar-refractivity contribution < 1.29 is 14.3 Å². The van der Waals surface area contributed by atoms with Crippen LogP contribution in [0.5, 0.6) is 5.75 Å². The Morgan fingerprint density at radius 1 is 1.22 bits per heavy atom. The summed E-state index contributed by atoms with van der Waals surface area (Å²) in [5.41, 5.74) is 2.47. The van der Waals surface area contributed by atoms with Crippen LogP contribution in [-0.2, 0) is 11.2 Å². The second-order valence-electron chi connectivity index (χ2n) is 7.08. The summed E-state index contributed by atoms with van der Waals surface area (Å²) in [5.74, 6) is 1.27. The Bertz CT molecular complexity index is 1240. The van der Waals surface area contributed by atoms with E-state index in [0.29, 0.717) is 32.7 Å². The van der Waals surface area contributed by atoms with Crippen LogP contribution in [0.15, 0.2) is 63.4 Å². The molecule has 0 fully saturated rings. The van der Waals surface area contributed by atoms with E-state index in [0.717, 1.165) is 17.9 Å². The number of hydrogen-bond acceptors (Lipinski definition) is 7. The third-order valence-corrected chi connectivity index (χ3v) is 6.93. The minimum Gasteiger partial charge on any atom is -0.497 e. The van der Waals surface area contributed by atoms with Crippen molar-refractivity contribution in [1.82, 2.24) is 9.55 Å². The van der Waals surface area contributed by atoms with E-state index in [-0.39, 0.29) is 23.0 Å². The summed E-state index contributed by atoms with van der Waals surface area (Å²) < 4.78 is 6.84. The number of ether oxygens (including phenoxy) is 1. The van der Waals surface area contributed by atoms with E-state index in [1.165, 1.54) is 30.4 Å².